The Bertz CT molecular complexity index is 449. The minimum atomic E-state index is -1.50. The van der Waals surface area contributed by atoms with E-state index in [4.69, 9.17) is 9.47 Å². The second-order valence-corrected chi connectivity index (χ2v) is 8.13. The average Bonchev–Trinajstić information content (AvgIpc) is 2.63. The second kappa shape index (κ2) is 9.27. The summed E-state index contributed by atoms with van der Waals surface area (Å²) in [5.74, 6) is 2.93. The van der Waals surface area contributed by atoms with Gasteiger partial charge in [0.2, 0.25) is 0 Å². The number of halogens is 2. The van der Waals surface area contributed by atoms with Crippen LogP contribution in [0.15, 0.2) is 24.3 Å². The van der Waals surface area contributed by atoms with E-state index in [0.717, 1.165) is 56.7 Å². The zero-order valence-corrected chi connectivity index (χ0v) is 15.3. The largest absolute Gasteiger partial charge is 0.349 e. The molecule has 1 heterocycles. The van der Waals surface area contributed by atoms with E-state index in [9.17, 15) is 8.78 Å². The van der Waals surface area contributed by atoms with E-state index in [0.29, 0.717) is 5.92 Å². The fraction of sp³-hybridized carbons (Fsp3) is 0.810. The summed E-state index contributed by atoms with van der Waals surface area (Å²) in [6.07, 6.45) is 12.7. The fourth-order valence-electron chi connectivity index (χ4n) is 5.12. The van der Waals surface area contributed by atoms with Crippen LogP contribution in [0.25, 0.3) is 0 Å². The third-order valence-corrected chi connectivity index (χ3v) is 6.63. The SMILES string of the molecule is CC=CC1OCC(C2CCC(C3CCC(C=C(F)F)CC3)CC2)CO1. The predicted octanol–water partition coefficient (Wildman–Crippen LogP) is 5.94. The van der Waals surface area contributed by atoms with E-state index in [1.165, 1.54) is 31.8 Å². The Labute approximate surface area is 150 Å². The molecule has 3 aliphatic rings. The summed E-state index contributed by atoms with van der Waals surface area (Å²) in [5, 5.41) is 0. The highest BCUT2D eigenvalue weighted by atomic mass is 19.3. The molecule has 0 atom stereocenters. The number of ether oxygens (including phenoxy) is 2. The van der Waals surface area contributed by atoms with E-state index in [2.05, 4.69) is 0 Å². The molecular formula is C21H32F2O2. The lowest BCUT2D eigenvalue weighted by Gasteiger charge is -2.40. The molecular weight excluding hydrogens is 322 g/mol. The molecule has 142 valence electrons. The van der Waals surface area contributed by atoms with Gasteiger partial charge in [0, 0.05) is 5.92 Å². The van der Waals surface area contributed by atoms with Gasteiger partial charge in [0.25, 0.3) is 6.08 Å². The van der Waals surface area contributed by atoms with Crippen molar-refractivity contribution in [2.45, 2.75) is 64.6 Å². The third kappa shape index (κ3) is 5.37. The third-order valence-electron chi connectivity index (χ3n) is 6.63. The topological polar surface area (TPSA) is 18.5 Å². The summed E-state index contributed by atoms with van der Waals surface area (Å²) in [6.45, 7) is 3.62. The first-order valence-electron chi connectivity index (χ1n) is 10.0. The van der Waals surface area contributed by atoms with Gasteiger partial charge in [-0.2, -0.15) is 8.78 Å². The Morgan fingerprint density at radius 1 is 0.760 bits per heavy atom. The summed E-state index contributed by atoms with van der Waals surface area (Å²) >= 11 is 0. The molecule has 0 unspecified atom stereocenters. The molecule has 0 N–H and O–H groups in total. The van der Waals surface area contributed by atoms with Crippen LogP contribution < -0.4 is 0 Å². The zero-order valence-electron chi connectivity index (χ0n) is 15.3. The molecule has 2 nitrogen and oxygen atoms in total. The van der Waals surface area contributed by atoms with Crippen molar-refractivity contribution in [3.8, 4) is 0 Å². The minimum absolute atomic E-state index is 0.110. The van der Waals surface area contributed by atoms with Gasteiger partial charge in [-0.3, -0.25) is 0 Å². The first-order valence-corrected chi connectivity index (χ1v) is 10.0. The molecule has 2 aliphatic carbocycles. The highest BCUT2D eigenvalue weighted by molar-refractivity contribution is 4.93. The van der Waals surface area contributed by atoms with Crippen LogP contribution >= 0.6 is 0 Å². The van der Waals surface area contributed by atoms with Crippen LogP contribution in [0.4, 0.5) is 8.78 Å². The van der Waals surface area contributed by atoms with Crippen molar-refractivity contribution in [3.05, 3.63) is 24.3 Å². The van der Waals surface area contributed by atoms with Gasteiger partial charge in [-0.15, -0.1) is 0 Å². The summed E-state index contributed by atoms with van der Waals surface area (Å²) < 4.78 is 36.4. The van der Waals surface area contributed by atoms with E-state index in [-0.39, 0.29) is 12.2 Å². The van der Waals surface area contributed by atoms with E-state index in [1.54, 1.807) is 0 Å². The summed E-state index contributed by atoms with van der Waals surface area (Å²) in [4.78, 5) is 0. The highest BCUT2D eigenvalue weighted by Gasteiger charge is 2.34. The molecule has 25 heavy (non-hydrogen) atoms. The maximum Gasteiger partial charge on any atom is 0.266 e. The van der Waals surface area contributed by atoms with Crippen LogP contribution in [0.1, 0.15) is 58.3 Å². The summed E-state index contributed by atoms with van der Waals surface area (Å²) in [5.41, 5.74) is 0. The van der Waals surface area contributed by atoms with Crippen molar-refractivity contribution in [3.63, 3.8) is 0 Å². The van der Waals surface area contributed by atoms with Crippen LogP contribution in [-0.4, -0.2) is 19.5 Å². The molecule has 4 heteroatoms. The van der Waals surface area contributed by atoms with Gasteiger partial charge < -0.3 is 9.47 Å². The summed E-state index contributed by atoms with van der Waals surface area (Å²) in [6, 6.07) is 0. The molecule has 2 saturated carbocycles. The van der Waals surface area contributed by atoms with E-state index >= 15 is 0 Å². The van der Waals surface area contributed by atoms with Gasteiger partial charge in [0.15, 0.2) is 6.29 Å². The molecule has 0 amide bonds. The molecule has 3 rings (SSSR count). The minimum Gasteiger partial charge on any atom is -0.349 e. The van der Waals surface area contributed by atoms with Gasteiger partial charge in [-0.05, 0) is 94.1 Å². The second-order valence-electron chi connectivity index (χ2n) is 8.13. The Balaban J connectivity index is 1.39. The Kier molecular flexibility index (Phi) is 7.06. The van der Waals surface area contributed by atoms with Gasteiger partial charge in [0.05, 0.1) is 13.2 Å². The van der Waals surface area contributed by atoms with Crippen molar-refractivity contribution in [2.24, 2.45) is 29.6 Å². The number of hydrogen-bond acceptors (Lipinski definition) is 2. The lowest BCUT2D eigenvalue weighted by atomic mass is 9.67. The van der Waals surface area contributed by atoms with Gasteiger partial charge >= 0.3 is 0 Å². The molecule has 0 aromatic heterocycles. The van der Waals surface area contributed by atoms with Crippen LogP contribution in [0.5, 0.6) is 0 Å². The van der Waals surface area contributed by atoms with Crippen molar-refractivity contribution in [1.29, 1.82) is 0 Å². The number of allylic oxidation sites excluding steroid dienone is 2. The normalized spacial score (nSPS) is 40.1. The summed E-state index contributed by atoms with van der Waals surface area (Å²) in [7, 11) is 0. The Morgan fingerprint density at radius 3 is 1.72 bits per heavy atom. The predicted molar refractivity (Wildman–Crippen MR) is 95.2 cm³/mol. The number of rotatable bonds is 4. The van der Waals surface area contributed by atoms with Crippen LogP contribution in [0.2, 0.25) is 0 Å². The van der Waals surface area contributed by atoms with E-state index < -0.39 is 6.08 Å². The quantitative estimate of drug-likeness (QED) is 0.581. The van der Waals surface area contributed by atoms with Crippen LogP contribution in [0.3, 0.4) is 0 Å². The molecule has 0 aromatic carbocycles. The van der Waals surface area contributed by atoms with Gasteiger partial charge in [-0.1, -0.05) is 6.08 Å². The maximum atomic E-state index is 12.4. The lowest BCUT2D eigenvalue weighted by molar-refractivity contribution is -0.186. The van der Waals surface area contributed by atoms with Crippen molar-refractivity contribution in [1.82, 2.24) is 0 Å². The van der Waals surface area contributed by atoms with Gasteiger partial charge in [-0.25, -0.2) is 0 Å². The Morgan fingerprint density at radius 2 is 1.24 bits per heavy atom. The molecule has 3 fully saturated rings. The number of hydrogen-bond donors (Lipinski definition) is 0. The molecule has 0 spiro atoms. The molecule has 1 aliphatic heterocycles. The smallest absolute Gasteiger partial charge is 0.266 e. The van der Waals surface area contributed by atoms with Crippen LogP contribution in [-0.2, 0) is 9.47 Å². The molecule has 1 saturated heterocycles. The molecule has 0 aromatic rings. The van der Waals surface area contributed by atoms with Crippen LogP contribution in [0, 0.1) is 29.6 Å². The average molecular weight is 354 g/mol. The Hall–Kier alpha value is -0.740. The monoisotopic (exact) mass is 354 g/mol. The maximum absolute atomic E-state index is 12.4. The molecule has 0 bridgehead atoms. The molecule has 0 radical (unpaired) electrons. The van der Waals surface area contributed by atoms with Gasteiger partial charge in [0.1, 0.15) is 0 Å². The first-order chi connectivity index (χ1) is 12.2. The van der Waals surface area contributed by atoms with E-state index in [1.807, 2.05) is 19.1 Å². The first kappa shape index (κ1) is 19.0. The zero-order chi connectivity index (χ0) is 17.6. The van der Waals surface area contributed by atoms with Crippen molar-refractivity contribution in [2.75, 3.05) is 13.2 Å². The fourth-order valence-corrected chi connectivity index (χ4v) is 5.12. The highest BCUT2D eigenvalue weighted by Crippen LogP contribution is 2.43. The standard InChI is InChI=1S/C21H32F2O2/c1-2-3-21-24-13-19(14-25-21)18-10-8-17(9-11-18)16-6-4-15(5-7-16)12-20(22)23/h2-3,12,15-19,21H,4-11,13-14H2,1H3. The lowest BCUT2D eigenvalue weighted by Crippen LogP contribution is -2.37. The van der Waals surface area contributed by atoms with Crippen molar-refractivity contribution < 1.29 is 18.3 Å². The van der Waals surface area contributed by atoms with Crippen molar-refractivity contribution >= 4 is 0 Å².